The van der Waals surface area contributed by atoms with Crippen LogP contribution in [0.25, 0.3) is 16.2 Å². The Kier molecular flexibility index (Phi) is 6.08. The second-order valence-corrected chi connectivity index (χ2v) is 11.2. The normalized spacial score (nSPS) is 14.3. The van der Waals surface area contributed by atoms with E-state index in [2.05, 4.69) is 25.6 Å². The van der Waals surface area contributed by atoms with E-state index in [0.717, 1.165) is 41.2 Å². The number of aromatic nitrogens is 5. The predicted molar refractivity (Wildman–Crippen MR) is 134 cm³/mol. The van der Waals surface area contributed by atoms with Crippen molar-refractivity contribution >= 4 is 45.6 Å². The molecule has 0 bridgehead atoms. The first-order valence-electron chi connectivity index (χ1n) is 11.2. The standard InChI is InChI=1S/C23H23ClF3N7OS/c1-22(2,3)16-17(24)36-21(31-16)34-18-15(19(35)33(34)11-23(25,26)27)10-29-20(32-18)30-14-5-4-13-9-28-7-6-12(13)8-14/h4-5,8,10,28H,6-7,9,11H2,1-3H3,(H,29,30,32). The molecule has 0 spiro atoms. The molecule has 3 aromatic heterocycles. The van der Waals surface area contributed by atoms with Crippen LogP contribution in [0.2, 0.25) is 4.34 Å². The fourth-order valence-electron chi connectivity index (χ4n) is 4.12. The van der Waals surface area contributed by atoms with Crippen molar-refractivity contribution in [1.29, 1.82) is 0 Å². The molecule has 0 aliphatic carbocycles. The van der Waals surface area contributed by atoms with Crippen LogP contribution in [0, 0.1) is 0 Å². The summed E-state index contributed by atoms with van der Waals surface area (Å²) < 4.78 is 42.4. The van der Waals surface area contributed by atoms with E-state index >= 15 is 0 Å². The Hall–Kier alpha value is -2.96. The van der Waals surface area contributed by atoms with Gasteiger partial charge in [-0.05, 0) is 36.2 Å². The number of benzene rings is 1. The van der Waals surface area contributed by atoms with E-state index in [1.54, 1.807) is 0 Å². The fourth-order valence-corrected chi connectivity index (χ4v) is 5.67. The van der Waals surface area contributed by atoms with Crippen LogP contribution in [0.3, 0.4) is 0 Å². The highest BCUT2D eigenvalue weighted by molar-refractivity contribution is 7.18. The zero-order valence-corrected chi connectivity index (χ0v) is 21.3. The lowest BCUT2D eigenvalue weighted by molar-refractivity contribution is -0.144. The molecule has 0 unspecified atom stereocenters. The van der Waals surface area contributed by atoms with Crippen LogP contribution < -0.4 is 16.2 Å². The molecular formula is C23H23ClF3N7OS. The van der Waals surface area contributed by atoms with Crippen molar-refractivity contribution in [2.24, 2.45) is 0 Å². The van der Waals surface area contributed by atoms with Gasteiger partial charge in [-0.1, -0.05) is 49.8 Å². The average Bonchev–Trinajstić information content (AvgIpc) is 3.30. The number of thiazole rings is 1. The molecule has 0 atom stereocenters. The first-order chi connectivity index (χ1) is 16.9. The van der Waals surface area contributed by atoms with Gasteiger partial charge >= 0.3 is 6.18 Å². The summed E-state index contributed by atoms with van der Waals surface area (Å²) in [6.07, 6.45) is -2.53. The van der Waals surface area contributed by atoms with Gasteiger partial charge in [0.1, 0.15) is 16.3 Å². The van der Waals surface area contributed by atoms with E-state index in [1.165, 1.54) is 17.3 Å². The Balaban J connectivity index is 1.64. The molecule has 190 valence electrons. The van der Waals surface area contributed by atoms with E-state index in [1.807, 2.05) is 39.0 Å². The minimum absolute atomic E-state index is 0.00906. The molecule has 0 fully saturated rings. The topological polar surface area (TPSA) is 89.7 Å². The summed E-state index contributed by atoms with van der Waals surface area (Å²) in [4.78, 5) is 26.1. The Morgan fingerprint density at radius 2 is 1.97 bits per heavy atom. The van der Waals surface area contributed by atoms with Gasteiger partial charge in [0, 0.05) is 23.8 Å². The lowest BCUT2D eigenvalue weighted by atomic mass is 9.93. The molecule has 1 aliphatic rings. The predicted octanol–water partition coefficient (Wildman–Crippen LogP) is 4.94. The molecule has 36 heavy (non-hydrogen) atoms. The Morgan fingerprint density at radius 1 is 1.19 bits per heavy atom. The number of alkyl halides is 3. The molecule has 5 rings (SSSR count). The van der Waals surface area contributed by atoms with Crippen LogP contribution in [0.4, 0.5) is 24.8 Å². The summed E-state index contributed by atoms with van der Waals surface area (Å²) in [5.41, 5.74) is 2.36. The van der Waals surface area contributed by atoms with Crippen LogP contribution >= 0.6 is 22.9 Å². The number of anilines is 2. The molecule has 0 saturated heterocycles. The lowest BCUT2D eigenvalue weighted by Crippen LogP contribution is -2.30. The largest absolute Gasteiger partial charge is 0.408 e. The molecule has 0 amide bonds. The maximum absolute atomic E-state index is 13.5. The van der Waals surface area contributed by atoms with Crippen LogP contribution in [0.15, 0.2) is 29.2 Å². The fraction of sp³-hybridized carbons (Fsp3) is 0.391. The Morgan fingerprint density at radius 3 is 2.67 bits per heavy atom. The molecule has 0 saturated carbocycles. The quantitative estimate of drug-likeness (QED) is 0.383. The minimum atomic E-state index is -4.64. The molecule has 8 nitrogen and oxygen atoms in total. The first kappa shape index (κ1) is 24.7. The van der Waals surface area contributed by atoms with E-state index in [9.17, 15) is 18.0 Å². The molecular weight excluding hydrogens is 515 g/mol. The van der Waals surface area contributed by atoms with E-state index in [0.29, 0.717) is 14.7 Å². The lowest BCUT2D eigenvalue weighted by Gasteiger charge is -2.18. The number of hydrogen-bond acceptors (Lipinski definition) is 7. The van der Waals surface area contributed by atoms with Gasteiger partial charge in [-0.2, -0.15) is 18.2 Å². The smallest absolute Gasteiger partial charge is 0.324 e. The van der Waals surface area contributed by atoms with Crippen LogP contribution in [0.1, 0.15) is 37.6 Å². The average molecular weight is 538 g/mol. The summed E-state index contributed by atoms with van der Waals surface area (Å²) >= 11 is 7.39. The number of fused-ring (bicyclic) bond motifs is 2. The van der Waals surface area contributed by atoms with E-state index in [-0.39, 0.29) is 22.1 Å². The van der Waals surface area contributed by atoms with Crippen molar-refractivity contribution in [3.63, 3.8) is 0 Å². The summed E-state index contributed by atoms with van der Waals surface area (Å²) in [6, 6.07) is 5.89. The van der Waals surface area contributed by atoms with Gasteiger partial charge in [-0.3, -0.25) is 4.79 Å². The van der Waals surface area contributed by atoms with Gasteiger partial charge < -0.3 is 10.6 Å². The number of rotatable bonds is 4. The zero-order chi connectivity index (χ0) is 25.8. The van der Waals surface area contributed by atoms with Crippen molar-refractivity contribution < 1.29 is 13.2 Å². The highest BCUT2D eigenvalue weighted by Crippen LogP contribution is 2.36. The van der Waals surface area contributed by atoms with Crippen molar-refractivity contribution in [3.8, 4) is 5.13 Å². The molecule has 0 radical (unpaired) electrons. The molecule has 4 heterocycles. The Bertz CT molecular complexity index is 1520. The maximum atomic E-state index is 13.5. The monoisotopic (exact) mass is 537 g/mol. The van der Waals surface area contributed by atoms with Gasteiger partial charge in [0.2, 0.25) is 11.1 Å². The molecule has 1 aromatic carbocycles. The first-order valence-corrected chi connectivity index (χ1v) is 12.4. The SMILES string of the molecule is CC(C)(C)c1nc(-n2c3nc(Nc4ccc5c(c4)CCNC5)ncc3c(=O)n2CC(F)(F)F)sc1Cl. The second kappa shape index (κ2) is 8.86. The molecule has 4 aromatic rings. The summed E-state index contributed by atoms with van der Waals surface area (Å²) in [6.45, 7) is 5.86. The highest BCUT2D eigenvalue weighted by Gasteiger charge is 2.33. The third-order valence-corrected chi connectivity index (χ3v) is 7.05. The Labute approximate surface area is 213 Å². The van der Waals surface area contributed by atoms with Crippen LogP contribution in [-0.2, 0) is 24.9 Å². The van der Waals surface area contributed by atoms with E-state index in [4.69, 9.17) is 11.6 Å². The van der Waals surface area contributed by atoms with Crippen LogP contribution in [-0.4, -0.2) is 37.0 Å². The minimum Gasteiger partial charge on any atom is -0.324 e. The number of nitrogens with zero attached hydrogens (tertiary/aromatic N) is 5. The number of hydrogen-bond donors (Lipinski definition) is 2. The van der Waals surface area contributed by atoms with Crippen molar-refractivity contribution in [2.45, 2.75) is 51.9 Å². The second-order valence-electron chi connectivity index (χ2n) is 9.62. The van der Waals surface area contributed by atoms with Crippen molar-refractivity contribution in [2.75, 3.05) is 11.9 Å². The summed E-state index contributed by atoms with van der Waals surface area (Å²) in [5.74, 6) is 0.146. The molecule has 1 aliphatic heterocycles. The van der Waals surface area contributed by atoms with Gasteiger partial charge in [0.05, 0.1) is 5.69 Å². The maximum Gasteiger partial charge on any atom is 0.408 e. The number of halogens is 4. The van der Waals surface area contributed by atoms with Gasteiger partial charge in [0.25, 0.3) is 5.56 Å². The summed E-state index contributed by atoms with van der Waals surface area (Å²) in [5, 5.41) is 6.49. The highest BCUT2D eigenvalue weighted by atomic mass is 35.5. The van der Waals surface area contributed by atoms with Crippen molar-refractivity contribution in [1.82, 2.24) is 29.6 Å². The third kappa shape index (κ3) is 4.72. The molecule has 13 heteroatoms. The van der Waals surface area contributed by atoms with Gasteiger partial charge in [-0.15, -0.1) is 0 Å². The van der Waals surface area contributed by atoms with E-state index < -0.39 is 23.7 Å². The van der Waals surface area contributed by atoms with Gasteiger partial charge in [-0.25, -0.2) is 19.3 Å². The van der Waals surface area contributed by atoms with Crippen LogP contribution in [0.5, 0.6) is 0 Å². The van der Waals surface area contributed by atoms with Gasteiger partial charge in [0.15, 0.2) is 5.65 Å². The third-order valence-electron chi connectivity index (χ3n) is 5.82. The van der Waals surface area contributed by atoms with Crippen molar-refractivity contribution in [3.05, 3.63) is 55.9 Å². The number of nitrogens with one attached hydrogen (secondary N) is 2. The zero-order valence-electron chi connectivity index (χ0n) is 19.7. The summed E-state index contributed by atoms with van der Waals surface area (Å²) in [7, 11) is 0. The molecule has 2 N–H and O–H groups in total.